The second-order valence-electron chi connectivity index (χ2n) is 3.59. The highest BCUT2D eigenvalue weighted by molar-refractivity contribution is 4.91. The van der Waals surface area contributed by atoms with Gasteiger partial charge in [-0.15, -0.1) is 0 Å². The van der Waals surface area contributed by atoms with Crippen LogP contribution in [0.15, 0.2) is 12.2 Å². The van der Waals surface area contributed by atoms with E-state index in [0.717, 1.165) is 6.54 Å². The van der Waals surface area contributed by atoms with Gasteiger partial charge >= 0.3 is 0 Å². The van der Waals surface area contributed by atoms with E-state index in [1.54, 1.807) is 0 Å². The van der Waals surface area contributed by atoms with Crippen LogP contribution in [0.2, 0.25) is 0 Å². The molecule has 0 aromatic heterocycles. The molecule has 0 aliphatic heterocycles. The van der Waals surface area contributed by atoms with Crippen molar-refractivity contribution in [3.63, 3.8) is 0 Å². The highest BCUT2D eigenvalue weighted by atomic mass is 15.1. The van der Waals surface area contributed by atoms with Crippen LogP contribution in [0.3, 0.4) is 0 Å². The lowest BCUT2D eigenvalue weighted by molar-refractivity contribution is 0.292. The number of unbranched alkanes of at least 4 members (excludes halogenated alkanes) is 1. The Hall–Kier alpha value is -0.300. The fourth-order valence-electron chi connectivity index (χ4n) is 1.35. The SMILES string of the molecule is C=C(C)CN(CCC)CCCC. The Balaban J connectivity index is 3.61. The van der Waals surface area contributed by atoms with E-state index in [-0.39, 0.29) is 0 Å². The molecule has 0 spiro atoms. The Labute approximate surface area is 77.5 Å². The van der Waals surface area contributed by atoms with Crippen LogP contribution in [0.25, 0.3) is 0 Å². The molecule has 0 aliphatic rings. The first-order valence-corrected chi connectivity index (χ1v) is 5.07. The summed E-state index contributed by atoms with van der Waals surface area (Å²) < 4.78 is 0. The molecular weight excluding hydrogens is 146 g/mol. The summed E-state index contributed by atoms with van der Waals surface area (Å²) in [5, 5.41) is 0. The standard InChI is InChI=1S/C11H23N/c1-5-7-9-12(8-6-2)10-11(3)4/h3,5-10H2,1-2,4H3. The molecule has 0 fully saturated rings. The van der Waals surface area contributed by atoms with Gasteiger partial charge in [-0.2, -0.15) is 0 Å². The average molecular weight is 169 g/mol. The van der Waals surface area contributed by atoms with Crippen LogP contribution in [0.1, 0.15) is 40.0 Å². The molecule has 0 aromatic rings. The van der Waals surface area contributed by atoms with Gasteiger partial charge in [-0.05, 0) is 32.9 Å². The third-order valence-corrected chi connectivity index (χ3v) is 1.86. The van der Waals surface area contributed by atoms with Crippen molar-refractivity contribution in [2.24, 2.45) is 0 Å². The number of hydrogen-bond acceptors (Lipinski definition) is 1. The van der Waals surface area contributed by atoms with Crippen LogP contribution >= 0.6 is 0 Å². The zero-order valence-electron chi connectivity index (χ0n) is 8.90. The highest BCUT2D eigenvalue weighted by Crippen LogP contribution is 2.00. The summed E-state index contributed by atoms with van der Waals surface area (Å²) in [4.78, 5) is 2.49. The summed E-state index contributed by atoms with van der Waals surface area (Å²) in [6.45, 7) is 14.0. The molecule has 0 rings (SSSR count). The minimum Gasteiger partial charge on any atom is -0.299 e. The Morgan fingerprint density at radius 3 is 2.25 bits per heavy atom. The molecule has 72 valence electrons. The fraction of sp³-hybridized carbons (Fsp3) is 0.818. The van der Waals surface area contributed by atoms with Crippen LogP contribution in [0.5, 0.6) is 0 Å². The lowest BCUT2D eigenvalue weighted by Crippen LogP contribution is -2.27. The minimum absolute atomic E-state index is 1.08. The summed E-state index contributed by atoms with van der Waals surface area (Å²) in [7, 11) is 0. The third kappa shape index (κ3) is 6.41. The predicted molar refractivity (Wildman–Crippen MR) is 56.5 cm³/mol. The molecular formula is C11H23N. The maximum atomic E-state index is 3.94. The summed E-state index contributed by atoms with van der Waals surface area (Å²) in [5.41, 5.74) is 1.28. The molecule has 12 heavy (non-hydrogen) atoms. The van der Waals surface area contributed by atoms with Gasteiger partial charge in [0, 0.05) is 6.54 Å². The fourth-order valence-corrected chi connectivity index (χ4v) is 1.35. The van der Waals surface area contributed by atoms with Gasteiger partial charge in [-0.25, -0.2) is 0 Å². The maximum absolute atomic E-state index is 3.94. The first-order chi connectivity index (χ1) is 5.70. The smallest absolute Gasteiger partial charge is 0.0187 e. The Morgan fingerprint density at radius 1 is 1.17 bits per heavy atom. The first kappa shape index (κ1) is 11.7. The summed E-state index contributed by atoms with van der Waals surface area (Å²) in [5.74, 6) is 0. The third-order valence-electron chi connectivity index (χ3n) is 1.86. The molecule has 0 bridgehead atoms. The van der Waals surface area contributed by atoms with Crippen molar-refractivity contribution in [3.05, 3.63) is 12.2 Å². The Morgan fingerprint density at radius 2 is 1.83 bits per heavy atom. The van der Waals surface area contributed by atoms with Crippen molar-refractivity contribution in [1.29, 1.82) is 0 Å². The molecule has 0 heterocycles. The predicted octanol–water partition coefficient (Wildman–Crippen LogP) is 3.07. The monoisotopic (exact) mass is 169 g/mol. The summed E-state index contributed by atoms with van der Waals surface area (Å²) in [6, 6.07) is 0. The van der Waals surface area contributed by atoms with Crippen LogP contribution in [0.4, 0.5) is 0 Å². The van der Waals surface area contributed by atoms with Crippen molar-refractivity contribution in [2.45, 2.75) is 40.0 Å². The Kier molecular flexibility index (Phi) is 7.17. The van der Waals surface area contributed by atoms with E-state index in [1.165, 1.54) is 37.9 Å². The summed E-state index contributed by atoms with van der Waals surface area (Å²) >= 11 is 0. The molecule has 0 amide bonds. The maximum Gasteiger partial charge on any atom is 0.0187 e. The lowest BCUT2D eigenvalue weighted by Gasteiger charge is -2.21. The van der Waals surface area contributed by atoms with Gasteiger partial charge in [-0.1, -0.05) is 32.4 Å². The van der Waals surface area contributed by atoms with E-state index < -0.39 is 0 Å². The molecule has 0 atom stereocenters. The second kappa shape index (κ2) is 7.35. The van der Waals surface area contributed by atoms with Gasteiger partial charge in [0.15, 0.2) is 0 Å². The molecule has 0 aliphatic carbocycles. The van der Waals surface area contributed by atoms with E-state index in [2.05, 4.69) is 32.3 Å². The second-order valence-corrected chi connectivity index (χ2v) is 3.59. The van der Waals surface area contributed by atoms with E-state index in [4.69, 9.17) is 0 Å². The van der Waals surface area contributed by atoms with Gasteiger partial charge < -0.3 is 0 Å². The van der Waals surface area contributed by atoms with Gasteiger partial charge in [-0.3, -0.25) is 4.90 Å². The molecule has 0 saturated heterocycles. The average Bonchev–Trinajstić information content (AvgIpc) is 2.00. The zero-order valence-corrected chi connectivity index (χ0v) is 8.90. The van der Waals surface area contributed by atoms with Crippen molar-refractivity contribution < 1.29 is 0 Å². The number of rotatable bonds is 7. The molecule has 0 radical (unpaired) electrons. The van der Waals surface area contributed by atoms with Crippen molar-refractivity contribution in [2.75, 3.05) is 19.6 Å². The van der Waals surface area contributed by atoms with Crippen molar-refractivity contribution >= 4 is 0 Å². The van der Waals surface area contributed by atoms with Crippen LogP contribution in [-0.2, 0) is 0 Å². The van der Waals surface area contributed by atoms with E-state index in [1.807, 2.05) is 0 Å². The van der Waals surface area contributed by atoms with Crippen molar-refractivity contribution in [3.8, 4) is 0 Å². The largest absolute Gasteiger partial charge is 0.299 e. The number of hydrogen-bond donors (Lipinski definition) is 0. The van der Waals surface area contributed by atoms with Crippen molar-refractivity contribution in [1.82, 2.24) is 4.90 Å². The summed E-state index contributed by atoms with van der Waals surface area (Å²) in [6.07, 6.45) is 3.85. The van der Waals surface area contributed by atoms with Gasteiger partial charge in [0.1, 0.15) is 0 Å². The number of nitrogens with zero attached hydrogens (tertiary/aromatic N) is 1. The van der Waals surface area contributed by atoms with Gasteiger partial charge in [0.2, 0.25) is 0 Å². The van der Waals surface area contributed by atoms with Crippen LogP contribution in [0, 0.1) is 0 Å². The molecule has 0 unspecified atom stereocenters. The molecule has 0 aromatic carbocycles. The minimum atomic E-state index is 1.08. The zero-order chi connectivity index (χ0) is 9.40. The first-order valence-electron chi connectivity index (χ1n) is 5.07. The molecule has 1 heteroatoms. The Bertz CT molecular complexity index is 118. The lowest BCUT2D eigenvalue weighted by atomic mass is 10.2. The van der Waals surface area contributed by atoms with Gasteiger partial charge in [0.25, 0.3) is 0 Å². The molecule has 0 saturated carbocycles. The normalized spacial score (nSPS) is 10.7. The van der Waals surface area contributed by atoms with Crippen LogP contribution < -0.4 is 0 Å². The van der Waals surface area contributed by atoms with Crippen LogP contribution in [-0.4, -0.2) is 24.5 Å². The van der Waals surface area contributed by atoms with E-state index in [0.29, 0.717) is 0 Å². The van der Waals surface area contributed by atoms with E-state index in [9.17, 15) is 0 Å². The topological polar surface area (TPSA) is 3.24 Å². The molecule has 1 nitrogen and oxygen atoms in total. The van der Waals surface area contributed by atoms with E-state index >= 15 is 0 Å². The van der Waals surface area contributed by atoms with Gasteiger partial charge in [0.05, 0.1) is 0 Å². The highest BCUT2D eigenvalue weighted by Gasteiger charge is 2.01. The molecule has 0 N–H and O–H groups in total. The quantitative estimate of drug-likeness (QED) is 0.529.